The van der Waals surface area contributed by atoms with Gasteiger partial charge in [0, 0.05) is 11.4 Å². The first kappa shape index (κ1) is 21.5. The number of carbonyl (C=O) groups is 2. The number of hydrazone groups is 1. The molecule has 9 heteroatoms. The zero-order valence-electron chi connectivity index (χ0n) is 17.0. The van der Waals surface area contributed by atoms with Crippen molar-refractivity contribution in [3.8, 4) is 11.5 Å². The third-order valence-electron chi connectivity index (χ3n) is 4.98. The first-order valence-corrected chi connectivity index (χ1v) is 10.1. The number of methoxy groups -OCH3 is 1. The van der Waals surface area contributed by atoms with Crippen LogP contribution in [0.1, 0.15) is 34.1 Å². The van der Waals surface area contributed by atoms with Gasteiger partial charge in [-0.15, -0.1) is 0 Å². The molecule has 0 unspecified atom stereocenters. The SMILES string of the molecule is COc1cccc(C(=O)OCC(=O)N2N=C(c3ccc(Cl)cc3)C[C@H]2c2ccco2)c1O. The van der Waals surface area contributed by atoms with Crippen molar-refractivity contribution >= 4 is 29.2 Å². The average Bonchev–Trinajstić information content (AvgIpc) is 3.48. The summed E-state index contributed by atoms with van der Waals surface area (Å²) < 4.78 is 15.6. The largest absolute Gasteiger partial charge is 0.504 e. The number of hydrogen-bond acceptors (Lipinski definition) is 7. The minimum atomic E-state index is -0.856. The number of phenols is 1. The number of hydrogen-bond donors (Lipinski definition) is 1. The Morgan fingerprint density at radius 2 is 1.97 bits per heavy atom. The van der Waals surface area contributed by atoms with Gasteiger partial charge >= 0.3 is 5.97 Å². The third kappa shape index (κ3) is 4.31. The van der Waals surface area contributed by atoms with Crippen molar-refractivity contribution in [3.63, 3.8) is 0 Å². The number of rotatable bonds is 6. The Hall–Kier alpha value is -3.78. The molecule has 32 heavy (non-hydrogen) atoms. The second-order valence-corrected chi connectivity index (χ2v) is 7.40. The average molecular weight is 455 g/mol. The van der Waals surface area contributed by atoms with Gasteiger partial charge in [-0.2, -0.15) is 5.10 Å². The van der Waals surface area contributed by atoms with Crippen molar-refractivity contribution in [1.82, 2.24) is 5.01 Å². The molecule has 2 heterocycles. The molecule has 1 aliphatic rings. The molecule has 0 bridgehead atoms. The molecule has 0 fully saturated rings. The number of halogens is 1. The van der Waals surface area contributed by atoms with E-state index in [9.17, 15) is 14.7 Å². The van der Waals surface area contributed by atoms with E-state index < -0.39 is 24.5 Å². The van der Waals surface area contributed by atoms with E-state index in [2.05, 4.69) is 5.10 Å². The molecule has 3 aromatic rings. The van der Waals surface area contributed by atoms with Gasteiger partial charge in [0.1, 0.15) is 17.4 Å². The van der Waals surface area contributed by atoms with Crippen LogP contribution in [0.4, 0.5) is 0 Å². The number of nitrogens with zero attached hydrogens (tertiary/aromatic N) is 2. The van der Waals surface area contributed by atoms with Gasteiger partial charge in [0.2, 0.25) is 0 Å². The van der Waals surface area contributed by atoms with Crippen LogP contribution in [0.15, 0.2) is 70.4 Å². The second-order valence-electron chi connectivity index (χ2n) is 6.96. The fraction of sp³-hybridized carbons (Fsp3) is 0.174. The first-order chi connectivity index (χ1) is 15.5. The Bertz CT molecular complexity index is 1160. The lowest BCUT2D eigenvalue weighted by molar-refractivity contribution is -0.136. The van der Waals surface area contributed by atoms with E-state index in [-0.39, 0.29) is 17.1 Å². The van der Waals surface area contributed by atoms with E-state index in [0.29, 0.717) is 22.9 Å². The zero-order valence-corrected chi connectivity index (χ0v) is 17.8. The Morgan fingerprint density at radius 3 is 2.66 bits per heavy atom. The monoisotopic (exact) mass is 454 g/mol. The van der Waals surface area contributed by atoms with Crippen molar-refractivity contribution in [2.45, 2.75) is 12.5 Å². The molecule has 4 rings (SSSR count). The standard InChI is InChI=1S/C23H19ClN2O6/c1-30-20-5-2-4-16(22(20)28)23(29)32-13-21(27)26-18(19-6-3-11-31-19)12-17(25-26)14-7-9-15(24)10-8-14/h2-11,18,28H,12-13H2,1H3/t18-/m0/s1. The Morgan fingerprint density at radius 1 is 1.19 bits per heavy atom. The lowest BCUT2D eigenvalue weighted by Crippen LogP contribution is -2.31. The summed E-state index contributed by atoms with van der Waals surface area (Å²) >= 11 is 5.97. The van der Waals surface area contributed by atoms with Crippen LogP contribution in [0.25, 0.3) is 0 Å². The van der Waals surface area contributed by atoms with Gasteiger partial charge < -0.3 is 19.0 Å². The smallest absolute Gasteiger partial charge is 0.342 e. The van der Waals surface area contributed by atoms with Crippen LogP contribution in [0.3, 0.4) is 0 Å². The van der Waals surface area contributed by atoms with Gasteiger partial charge in [0.05, 0.1) is 19.1 Å². The number of aromatic hydroxyl groups is 1. The molecule has 2 aromatic carbocycles. The number of amides is 1. The highest BCUT2D eigenvalue weighted by atomic mass is 35.5. The first-order valence-electron chi connectivity index (χ1n) is 9.70. The fourth-order valence-corrected chi connectivity index (χ4v) is 3.51. The summed E-state index contributed by atoms with van der Waals surface area (Å²) in [6.45, 7) is -0.565. The minimum absolute atomic E-state index is 0.105. The maximum Gasteiger partial charge on any atom is 0.342 e. The van der Waals surface area contributed by atoms with Crippen molar-refractivity contribution in [2.24, 2.45) is 5.10 Å². The highest BCUT2D eigenvalue weighted by Crippen LogP contribution is 2.34. The maximum absolute atomic E-state index is 12.9. The second kappa shape index (κ2) is 9.15. The molecule has 1 atom stereocenters. The van der Waals surface area contributed by atoms with E-state index in [1.165, 1.54) is 36.6 Å². The molecule has 1 N–H and O–H groups in total. The van der Waals surface area contributed by atoms with E-state index in [1.54, 1.807) is 24.3 Å². The van der Waals surface area contributed by atoms with Crippen molar-refractivity contribution in [3.05, 3.63) is 82.8 Å². The van der Waals surface area contributed by atoms with Crippen molar-refractivity contribution in [2.75, 3.05) is 13.7 Å². The van der Waals surface area contributed by atoms with Crippen molar-refractivity contribution in [1.29, 1.82) is 0 Å². The minimum Gasteiger partial charge on any atom is -0.504 e. The van der Waals surface area contributed by atoms with Gasteiger partial charge in [-0.25, -0.2) is 9.80 Å². The van der Waals surface area contributed by atoms with Crippen LogP contribution in [-0.2, 0) is 9.53 Å². The summed E-state index contributed by atoms with van der Waals surface area (Å²) in [5.74, 6) is -1.06. The van der Waals surface area contributed by atoms with Crippen LogP contribution in [-0.4, -0.2) is 41.4 Å². The molecule has 1 amide bonds. The van der Waals surface area contributed by atoms with Crippen LogP contribution in [0, 0.1) is 0 Å². The van der Waals surface area contributed by atoms with Crippen LogP contribution in [0.5, 0.6) is 11.5 Å². The predicted molar refractivity (Wildman–Crippen MR) is 116 cm³/mol. The summed E-state index contributed by atoms with van der Waals surface area (Å²) in [5.41, 5.74) is 1.39. The number of carbonyl (C=O) groups excluding carboxylic acids is 2. The summed E-state index contributed by atoms with van der Waals surface area (Å²) in [4.78, 5) is 25.3. The van der Waals surface area contributed by atoms with E-state index in [4.69, 9.17) is 25.5 Å². The molecule has 0 aliphatic carbocycles. The van der Waals surface area contributed by atoms with Crippen molar-refractivity contribution < 1.29 is 28.6 Å². The normalized spacial score (nSPS) is 15.4. The number of furan rings is 1. The molecule has 1 aromatic heterocycles. The van der Waals surface area contributed by atoms with Crippen LogP contribution >= 0.6 is 11.6 Å². The lowest BCUT2D eigenvalue weighted by atomic mass is 10.0. The molecule has 0 spiro atoms. The number of benzene rings is 2. The third-order valence-corrected chi connectivity index (χ3v) is 5.23. The lowest BCUT2D eigenvalue weighted by Gasteiger charge is -2.19. The predicted octanol–water partition coefficient (Wildman–Crippen LogP) is 4.18. The number of phenolic OH excluding ortho intramolecular Hbond substituents is 1. The highest BCUT2D eigenvalue weighted by Gasteiger charge is 2.35. The van der Waals surface area contributed by atoms with Gasteiger partial charge in [0.15, 0.2) is 18.1 Å². The molecule has 164 valence electrons. The molecule has 0 saturated heterocycles. The van der Waals surface area contributed by atoms with Gasteiger partial charge in [-0.05, 0) is 42.0 Å². The quantitative estimate of drug-likeness (QED) is 0.560. The molecular weight excluding hydrogens is 436 g/mol. The molecule has 0 saturated carbocycles. The Kier molecular flexibility index (Phi) is 6.13. The Balaban J connectivity index is 1.52. The van der Waals surface area contributed by atoms with Crippen LogP contribution < -0.4 is 4.74 Å². The number of ether oxygens (including phenoxy) is 2. The number of para-hydroxylation sites is 1. The van der Waals surface area contributed by atoms with Gasteiger partial charge in [-0.1, -0.05) is 29.8 Å². The van der Waals surface area contributed by atoms with E-state index >= 15 is 0 Å². The summed E-state index contributed by atoms with van der Waals surface area (Å²) in [5, 5.41) is 16.4. The number of esters is 1. The summed E-state index contributed by atoms with van der Waals surface area (Å²) in [6.07, 6.45) is 1.94. The van der Waals surface area contributed by atoms with Gasteiger partial charge in [-0.3, -0.25) is 4.79 Å². The molecular formula is C23H19ClN2O6. The topological polar surface area (TPSA) is 102 Å². The summed E-state index contributed by atoms with van der Waals surface area (Å²) in [7, 11) is 1.37. The summed E-state index contributed by atoms with van der Waals surface area (Å²) in [6, 6.07) is 14.5. The van der Waals surface area contributed by atoms with Gasteiger partial charge in [0.25, 0.3) is 5.91 Å². The molecule has 1 aliphatic heterocycles. The molecule has 8 nitrogen and oxygen atoms in total. The van der Waals surface area contributed by atoms with E-state index in [1.807, 2.05) is 12.1 Å². The fourth-order valence-electron chi connectivity index (χ4n) is 3.38. The van der Waals surface area contributed by atoms with Crippen LogP contribution in [0.2, 0.25) is 5.02 Å². The maximum atomic E-state index is 12.9. The van der Waals surface area contributed by atoms with E-state index in [0.717, 1.165) is 5.56 Å². The zero-order chi connectivity index (χ0) is 22.7. The highest BCUT2D eigenvalue weighted by molar-refractivity contribution is 6.30. The Labute approximate surface area is 188 Å². The molecule has 0 radical (unpaired) electrons.